The lowest BCUT2D eigenvalue weighted by Gasteiger charge is -2.29. The number of hydrogen-bond acceptors (Lipinski definition) is 7. The van der Waals surface area contributed by atoms with Crippen molar-refractivity contribution in [2.75, 3.05) is 51.3 Å². The molecule has 0 atom stereocenters. The molecule has 11 heteroatoms. The molecule has 0 aliphatic carbocycles. The Kier molecular flexibility index (Phi) is 7.25. The summed E-state index contributed by atoms with van der Waals surface area (Å²) < 4.78 is 37.7. The van der Waals surface area contributed by atoms with Crippen LogP contribution in [-0.2, 0) is 19.6 Å². The number of halogens is 1. The number of hydrogen-bond donors (Lipinski definition) is 1. The minimum Gasteiger partial charge on any atom is -0.379 e. The van der Waals surface area contributed by atoms with Gasteiger partial charge < -0.3 is 14.6 Å². The van der Waals surface area contributed by atoms with Gasteiger partial charge in [0.05, 0.1) is 24.7 Å². The Hall–Kier alpha value is -1.98. The van der Waals surface area contributed by atoms with Crippen molar-refractivity contribution in [3.8, 4) is 0 Å². The maximum absolute atomic E-state index is 13.1. The Morgan fingerprint density at radius 2 is 1.97 bits per heavy atom. The van der Waals surface area contributed by atoms with Gasteiger partial charge >= 0.3 is 0 Å². The van der Waals surface area contributed by atoms with Gasteiger partial charge in [0.1, 0.15) is 5.76 Å². The van der Waals surface area contributed by atoms with Crippen molar-refractivity contribution in [3.05, 3.63) is 41.1 Å². The summed E-state index contributed by atoms with van der Waals surface area (Å²) in [5.74, 6) is 0.278. The van der Waals surface area contributed by atoms with Gasteiger partial charge in [-0.05, 0) is 31.2 Å². The van der Waals surface area contributed by atoms with Crippen molar-refractivity contribution < 1.29 is 22.5 Å². The van der Waals surface area contributed by atoms with E-state index in [0.717, 1.165) is 17.4 Å². The molecule has 0 radical (unpaired) electrons. The molecule has 1 aliphatic rings. The van der Waals surface area contributed by atoms with Gasteiger partial charge in [-0.15, -0.1) is 0 Å². The van der Waals surface area contributed by atoms with Crippen LogP contribution >= 0.6 is 11.6 Å². The molecule has 1 N–H and O–H groups in total. The molecule has 3 rings (SSSR count). The average molecular weight is 443 g/mol. The lowest BCUT2D eigenvalue weighted by molar-refractivity contribution is -0.116. The third-order valence-corrected chi connectivity index (χ3v) is 6.55. The molecule has 158 valence electrons. The molecule has 0 unspecified atom stereocenters. The van der Waals surface area contributed by atoms with Crippen LogP contribution in [0.1, 0.15) is 5.76 Å². The first-order chi connectivity index (χ1) is 13.8. The van der Waals surface area contributed by atoms with Crippen LogP contribution in [0.15, 0.2) is 39.8 Å². The Labute approximate surface area is 174 Å². The van der Waals surface area contributed by atoms with E-state index in [2.05, 4.69) is 15.4 Å². The first-order valence-electron chi connectivity index (χ1n) is 9.13. The summed E-state index contributed by atoms with van der Waals surface area (Å²) >= 11 is 5.87. The van der Waals surface area contributed by atoms with Crippen LogP contribution < -0.4 is 5.32 Å². The Bertz CT molecular complexity index is 926. The number of aryl methyl sites for hydroxylation is 1. The maximum atomic E-state index is 13.1. The average Bonchev–Trinajstić information content (AvgIpc) is 3.10. The number of anilines is 1. The minimum absolute atomic E-state index is 0.0777. The lowest BCUT2D eigenvalue weighted by atomic mass is 10.4. The number of nitrogens with one attached hydrogen (secondary N) is 1. The highest BCUT2D eigenvalue weighted by atomic mass is 35.5. The van der Waals surface area contributed by atoms with E-state index in [9.17, 15) is 13.2 Å². The predicted molar refractivity (Wildman–Crippen MR) is 107 cm³/mol. The van der Waals surface area contributed by atoms with Crippen LogP contribution in [0.2, 0.25) is 5.02 Å². The van der Waals surface area contributed by atoms with Gasteiger partial charge in [-0.25, -0.2) is 8.42 Å². The summed E-state index contributed by atoms with van der Waals surface area (Å²) in [6.45, 7) is 4.66. The molecule has 0 saturated carbocycles. The standard InChI is InChI=1S/C18H23ClN4O5S/c1-14-12-17(21-28-14)20-18(24)13-23(7-6-22-8-10-27-11-9-22)29(25,26)16-4-2-15(19)3-5-16/h2-5,12H,6-11,13H2,1H3,(H,20,21,24). The molecule has 0 spiro atoms. The van der Waals surface area contributed by atoms with Crippen molar-refractivity contribution >= 4 is 33.3 Å². The zero-order valence-electron chi connectivity index (χ0n) is 16.0. The van der Waals surface area contributed by atoms with Gasteiger partial charge in [0, 0.05) is 37.3 Å². The normalized spacial score (nSPS) is 15.6. The van der Waals surface area contributed by atoms with Gasteiger partial charge in [-0.2, -0.15) is 4.31 Å². The van der Waals surface area contributed by atoms with Gasteiger partial charge in [0.25, 0.3) is 0 Å². The molecule has 1 fully saturated rings. The third kappa shape index (κ3) is 6.00. The molecule has 1 aromatic carbocycles. The fourth-order valence-corrected chi connectivity index (χ4v) is 4.40. The van der Waals surface area contributed by atoms with Crippen LogP contribution in [-0.4, -0.2) is 74.6 Å². The SMILES string of the molecule is Cc1cc(NC(=O)CN(CCN2CCOCC2)S(=O)(=O)c2ccc(Cl)cc2)no1. The molecule has 1 aliphatic heterocycles. The number of morpholine rings is 1. The van der Waals surface area contributed by atoms with Crippen LogP contribution in [0, 0.1) is 6.92 Å². The number of nitrogens with zero attached hydrogens (tertiary/aromatic N) is 3. The zero-order chi connectivity index (χ0) is 20.9. The highest BCUT2D eigenvalue weighted by Gasteiger charge is 2.27. The second-order valence-electron chi connectivity index (χ2n) is 6.62. The van der Waals surface area contributed by atoms with Crippen molar-refractivity contribution in [1.82, 2.24) is 14.4 Å². The molecule has 2 aromatic rings. The molecular weight excluding hydrogens is 420 g/mol. The number of rotatable bonds is 8. The topological polar surface area (TPSA) is 105 Å². The monoisotopic (exact) mass is 442 g/mol. The smallest absolute Gasteiger partial charge is 0.243 e. The third-order valence-electron chi connectivity index (χ3n) is 4.44. The quantitative estimate of drug-likeness (QED) is 0.661. The first-order valence-corrected chi connectivity index (χ1v) is 11.0. The van der Waals surface area contributed by atoms with E-state index < -0.39 is 15.9 Å². The second kappa shape index (κ2) is 9.68. The molecule has 0 bridgehead atoms. The van der Waals surface area contributed by atoms with Crippen LogP contribution in [0.3, 0.4) is 0 Å². The number of carbonyl (C=O) groups is 1. The molecule has 1 aromatic heterocycles. The number of amides is 1. The van der Waals surface area contributed by atoms with Crippen molar-refractivity contribution in [2.24, 2.45) is 0 Å². The second-order valence-corrected chi connectivity index (χ2v) is 8.99. The summed E-state index contributed by atoms with van der Waals surface area (Å²) in [6, 6.07) is 7.43. The number of carbonyl (C=O) groups excluding carboxylic acids is 1. The fraction of sp³-hybridized carbons (Fsp3) is 0.444. The number of benzene rings is 1. The molecule has 1 saturated heterocycles. The summed E-state index contributed by atoms with van der Waals surface area (Å²) in [5.41, 5.74) is 0. The van der Waals surface area contributed by atoms with Crippen LogP contribution in [0.5, 0.6) is 0 Å². The highest BCUT2D eigenvalue weighted by Crippen LogP contribution is 2.19. The van der Waals surface area contributed by atoms with E-state index in [1.54, 1.807) is 13.0 Å². The van der Waals surface area contributed by atoms with Crippen LogP contribution in [0.4, 0.5) is 5.82 Å². The molecule has 1 amide bonds. The summed E-state index contributed by atoms with van der Waals surface area (Å²) in [4.78, 5) is 14.6. The molecule has 29 heavy (non-hydrogen) atoms. The van der Waals surface area contributed by atoms with Crippen LogP contribution in [0.25, 0.3) is 0 Å². The van der Waals surface area contributed by atoms with E-state index in [4.69, 9.17) is 20.9 Å². The highest BCUT2D eigenvalue weighted by molar-refractivity contribution is 7.89. The summed E-state index contributed by atoms with van der Waals surface area (Å²) in [5, 5.41) is 6.69. The fourth-order valence-electron chi connectivity index (χ4n) is 2.89. The maximum Gasteiger partial charge on any atom is 0.243 e. The van der Waals surface area contributed by atoms with E-state index >= 15 is 0 Å². The van der Waals surface area contributed by atoms with E-state index in [1.165, 1.54) is 24.3 Å². The molecular formula is C18H23ClN4O5S. The first kappa shape index (κ1) is 21.7. The summed E-state index contributed by atoms with van der Waals surface area (Å²) in [7, 11) is -3.89. The summed E-state index contributed by atoms with van der Waals surface area (Å²) in [6.07, 6.45) is 0. The van der Waals surface area contributed by atoms with Gasteiger partial charge in [0.2, 0.25) is 15.9 Å². The number of aromatic nitrogens is 1. The molecule has 2 heterocycles. The Balaban J connectivity index is 1.74. The van der Waals surface area contributed by atoms with E-state index in [-0.39, 0.29) is 23.8 Å². The van der Waals surface area contributed by atoms with Gasteiger partial charge in [0.15, 0.2) is 5.82 Å². The predicted octanol–water partition coefficient (Wildman–Crippen LogP) is 1.60. The number of sulfonamides is 1. The Morgan fingerprint density at radius 3 is 2.59 bits per heavy atom. The Morgan fingerprint density at radius 1 is 1.28 bits per heavy atom. The zero-order valence-corrected chi connectivity index (χ0v) is 17.6. The largest absolute Gasteiger partial charge is 0.379 e. The van der Waals surface area contributed by atoms with Gasteiger partial charge in [-0.3, -0.25) is 9.69 Å². The lowest BCUT2D eigenvalue weighted by Crippen LogP contribution is -2.45. The van der Waals surface area contributed by atoms with Crippen molar-refractivity contribution in [2.45, 2.75) is 11.8 Å². The molecule has 9 nitrogen and oxygen atoms in total. The van der Waals surface area contributed by atoms with Crippen molar-refractivity contribution in [3.63, 3.8) is 0 Å². The number of ether oxygens (including phenoxy) is 1. The van der Waals surface area contributed by atoms with E-state index in [1.807, 2.05) is 0 Å². The van der Waals surface area contributed by atoms with Crippen molar-refractivity contribution in [1.29, 1.82) is 0 Å². The van der Waals surface area contributed by atoms with E-state index in [0.29, 0.717) is 30.5 Å². The minimum atomic E-state index is -3.89. The van der Waals surface area contributed by atoms with Gasteiger partial charge in [-0.1, -0.05) is 16.8 Å².